The largest absolute Gasteiger partial charge is 0.320 e. The summed E-state index contributed by atoms with van der Waals surface area (Å²) in [6.07, 6.45) is 5.53. The Kier molecular flexibility index (Phi) is 31.6. The lowest BCUT2D eigenvalue weighted by Gasteiger charge is -2.20. The van der Waals surface area contributed by atoms with Crippen molar-refractivity contribution in [2.45, 2.75) is 60.3 Å². The molecular formula is C16H37BrN4S. The van der Waals surface area contributed by atoms with E-state index in [9.17, 15) is 0 Å². The summed E-state index contributed by atoms with van der Waals surface area (Å²) in [4.78, 5) is 2.39. The molecule has 0 unspecified atom stereocenters. The molecular weight excluding hydrogens is 360 g/mol. The lowest BCUT2D eigenvalue weighted by molar-refractivity contribution is 0.277. The maximum atomic E-state index is 3.60. The van der Waals surface area contributed by atoms with E-state index in [0.717, 1.165) is 10.5 Å². The SMILES string of the molecule is Brc1nncs1.CC.CCC.CCNC.CN1CCCCC1. The lowest BCUT2D eigenvalue weighted by atomic mass is 10.1. The number of aromatic nitrogens is 2. The van der Waals surface area contributed by atoms with Crippen molar-refractivity contribution < 1.29 is 0 Å². The summed E-state index contributed by atoms with van der Waals surface area (Å²) in [5.74, 6) is 0. The summed E-state index contributed by atoms with van der Waals surface area (Å²) < 4.78 is 0.836. The Morgan fingerprint density at radius 1 is 1.18 bits per heavy atom. The molecule has 0 atom stereocenters. The molecule has 1 aromatic heterocycles. The van der Waals surface area contributed by atoms with Gasteiger partial charge in [-0.1, -0.05) is 58.8 Å². The molecule has 2 heterocycles. The molecule has 6 heteroatoms. The Balaban J connectivity index is -0.000000221. The summed E-state index contributed by atoms with van der Waals surface area (Å²) in [6.45, 7) is 14.0. The van der Waals surface area contributed by atoms with Crippen molar-refractivity contribution in [2.75, 3.05) is 33.7 Å². The summed E-state index contributed by atoms with van der Waals surface area (Å²) in [7, 11) is 4.12. The highest BCUT2D eigenvalue weighted by Gasteiger charge is 2.02. The standard InChI is InChI=1S/C6H13N.C3H9N.C3H8.C2HBrN2S.C2H6/c1-7-5-3-2-4-6-7;1-3-4-2;1-3-2;3-2-5-4-1-6-2;1-2/h2-6H2,1H3;4H,3H2,1-2H3;3H2,1-2H3;1H;1-2H3. The van der Waals surface area contributed by atoms with Crippen LogP contribution >= 0.6 is 27.3 Å². The van der Waals surface area contributed by atoms with Gasteiger partial charge in [-0.2, -0.15) is 0 Å². The number of rotatable bonds is 1. The van der Waals surface area contributed by atoms with Gasteiger partial charge in [0, 0.05) is 0 Å². The third kappa shape index (κ3) is 28.2. The summed E-state index contributed by atoms with van der Waals surface area (Å²) in [6, 6.07) is 0. The Morgan fingerprint density at radius 3 is 1.77 bits per heavy atom. The number of hydrogen-bond acceptors (Lipinski definition) is 5. The lowest BCUT2D eigenvalue weighted by Crippen LogP contribution is -2.24. The van der Waals surface area contributed by atoms with Crippen molar-refractivity contribution in [3.63, 3.8) is 0 Å². The van der Waals surface area contributed by atoms with Crippen molar-refractivity contribution in [3.8, 4) is 0 Å². The van der Waals surface area contributed by atoms with Crippen LogP contribution in [0.4, 0.5) is 0 Å². The van der Waals surface area contributed by atoms with Gasteiger partial charge in [0.2, 0.25) is 0 Å². The quantitative estimate of drug-likeness (QED) is 0.718. The molecule has 0 aromatic carbocycles. The fraction of sp³-hybridized carbons (Fsp3) is 0.875. The zero-order valence-corrected chi connectivity index (χ0v) is 18.1. The molecule has 1 fully saturated rings. The van der Waals surface area contributed by atoms with Gasteiger partial charge < -0.3 is 10.2 Å². The van der Waals surface area contributed by atoms with E-state index in [1.807, 2.05) is 20.9 Å². The maximum Gasteiger partial charge on any atom is 0.183 e. The molecule has 1 aromatic rings. The molecule has 134 valence electrons. The van der Waals surface area contributed by atoms with Crippen LogP contribution in [0, 0.1) is 0 Å². The van der Waals surface area contributed by atoms with Crippen LogP contribution in [0.5, 0.6) is 0 Å². The van der Waals surface area contributed by atoms with Crippen molar-refractivity contribution in [1.29, 1.82) is 0 Å². The molecule has 1 N–H and O–H groups in total. The van der Waals surface area contributed by atoms with Crippen molar-refractivity contribution >= 4 is 27.3 Å². The van der Waals surface area contributed by atoms with Gasteiger partial charge in [0.05, 0.1) is 0 Å². The Hall–Kier alpha value is -0.0400. The third-order valence-electron chi connectivity index (χ3n) is 2.27. The van der Waals surface area contributed by atoms with Crippen LogP contribution in [-0.2, 0) is 0 Å². The van der Waals surface area contributed by atoms with Gasteiger partial charge in [-0.05, 0) is 62.5 Å². The van der Waals surface area contributed by atoms with E-state index in [2.05, 4.69) is 64.2 Å². The van der Waals surface area contributed by atoms with E-state index < -0.39 is 0 Å². The first-order chi connectivity index (χ1) is 10.6. The molecule has 1 aliphatic heterocycles. The van der Waals surface area contributed by atoms with Crippen LogP contribution < -0.4 is 5.32 Å². The molecule has 2 rings (SSSR count). The average Bonchev–Trinajstić information content (AvgIpc) is 3.03. The van der Waals surface area contributed by atoms with Crippen LogP contribution in [-0.4, -0.2) is 48.8 Å². The fourth-order valence-corrected chi connectivity index (χ4v) is 1.83. The third-order valence-corrected chi connectivity index (χ3v) is 3.46. The highest BCUT2D eigenvalue weighted by Crippen LogP contribution is 2.08. The predicted molar refractivity (Wildman–Crippen MR) is 106 cm³/mol. The summed E-state index contributed by atoms with van der Waals surface area (Å²) in [5.41, 5.74) is 1.67. The van der Waals surface area contributed by atoms with E-state index in [1.54, 1.807) is 5.51 Å². The van der Waals surface area contributed by atoms with Crippen LogP contribution in [0.25, 0.3) is 0 Å². The number of nitrogens with zero attached hydrogens (tertiary/aromatic N) is 3. The van der Waals surface area contributed by atoms with E-state index in [0.29, 0.717) is 0 Å². The van der Waals surface area contributed by atoms with Crippen molar-refractivity contribution in [2.24, 2.45) is 0 Å². The molecule has 0 bridgehead atoms. The molecule has 22 heavy (non-hydrogen) atoms. The minimum atomic E-state index is 0.836. The normalized spacial score (nSPS) is 12.9. The molecule has 0 aliphatic carbocycles. The zero-order chi connectivity index (χ0) is 17.6. The van der Waals surface area contributed by atoms with Crippen molar-refractivity contribution in [1.82, 2.24) is 20.4 Å². The second-order valence-corrected chi connectivity index (χ2v) is 6.58. The van der Waals surface area contributed by atoms with E-state index in [4.69, 9.17) is 0 Å². The topological polar surface area (TPSA) is 41.1 Å². The second kappa shape index (κ2) is 25.9. The average molecular weight is 397 g/mol. The highest BCUT2D eigenvalue weighted by atomic mass is 79.9. The van der Waals surface area contributed by atoms with Crippen molar-refractivity contribution in [3.05, 3.63) is 9.43 Å². The van der Waals surface area contributed by atoms with E-state index >= 15 is 0 Å². The first kappa shape index (κ1) is 26.8. The van der Waals surface area contributed by atoms with Gasteiger partial charge in [-0.25, -0.2) is 0 Å². The molecule has 0 amide bonds. The van der Waals surface area contributed by atoms with Gasteiger partial charge in [0.15, 0.2) is 3.92 Å². The predicted octanol–water partition coefficient (Wildman–Crippen LogP) is 5.07. The highest BCUT2D eigenvalue weighted by molar-refractivity contribution is 9.11. The van der Waals surface area contributed by atoms with Crippen LogP contribution in [0.15, 0.2) is 9.43 Å². The van der Waals surface area contributed by atoms with E-state index in [-0.39, 0.29) is 0 Å². The van der Waals surface area contributed by atoms with Crippen LogP contribution in [0.2, 0.25) is 0 Å². The van der Waals surface area contributed by atoms with Crippen LogP contribution in [0.3, 0.4) is 0 Å². The summed E-state index contributed by atoms with van der Waals surface area (Å²) >= 11 is 4.60. The zero-order valence-electron chi connectivity index (χ0n) is 15.7. The number of nitrogens with one attached hydrogen (secondary N) is 1. The monoisotopic (exact) mass is 396 g/mol. The number of likely N-dealkylation sites (tertiary alicyclic amines) is 1. The Morgan fingerprint density at radius 2 is 1.64 bits per heavy atom. The van der Waals surface area contributed by atoms with Gasteiger partial charge in [-0.15, -0.1) is 10.2 Å². The first-order valence-electron chi connectivity index (χ1n) is 8.37. The second-order valence-electron chi connectivity index (χ2n) is 4.47. The molecule has 1 saturated heterocycles. The summed E-state index contributed by atoms with van der Waals surface area (Å²) in [5, 5.41) is 10.1. The number of piperidine rings is 1. The minimum absolute atomic E-state index is 0.836. The molecule has 0 radical (unpaired) electrons. The number of halogens is 1. The fourth-order valence-electron chi connectivity index (χ4n) is 1.21. The van der Waals surface area contributed by atoms with Gasteiger partial charge >= 0.3 is 0 Å². The van der Waals surface area contributed by atoms with Gasteiger partial charge in [-0.3, -0.25) is 0 Å². The number of hydrogen-bond donors (Lipinski definition) is 1. The first-order valence-corrected chi connectivity index (χ1v) is 10.0. The molecule has 1 aliphatic rings. The molecule has 0 spiro atoms. The van der Waals surface area contributed by atoms with E-state index in [1.165, 1.54) is 50.1 Å². The smallest absolute Gasteiger partial charge is 0.183 e. The minimum Gasteiger partial charge on any atom is -0.320 e. The molecule has 0 saturated carbocycles. The molecule has 4 nitrogen and oxygen atoms in total. The Bertz CT molecular complexity index is 251. The van der Waals surface area contributed by atoms with Gasteiger partial charge in [0.1, 0.15) is 5.51 Å². The maximum absolute atomic E-state index is 3.60. The van der Waals surface area contributed by atoms with Gasteiger partial charge in [0.25, 0.3) is 0 Å². The Labute approximate surface area is 151 Å². The van der Waals surface area contributed by atoms with Crippen LogP contribution in [0.1, 0.15) is 60.3 Å².